The third kappa shape index (κ3) is 4.79. The Labute approximate surface area is 164 Å². The second kappa shape index (κ2) is 9.52. The number of hydrogen-bond donors (Lipinski definition) is 6. The van der Waals surface area contributed by atoms with Crippen molar-refractivity contribution >= 4 is 21.8 Å². The van der Waals surface area contributed by atoms with Gasteiger partial charge in [-0.2, -0.15) is 0 Å². The lowest BCUT2D eigenvalue weighted by Crippen LogP contribution is -2.26. The maximum atomic E-state index is 8.87. The quantitative estimate of drug-likeness (QED) is 0.306. The zero-order chi connectivity index (χ0) is 19.9. The molecule has 0 bridgehead atoms. The highest BCUT2D eigenvalue weighted by molar-refractivity contribution is 5.83. The van der Waals surface area contributed by atoms with Crippen LogP contribution in [-0.2, 0) is 12.8 Å². The molecule has 0 spiro atoms. The van der Waals surface area contributed by atoms with Crippen LogP contribution in [0, 0.1) is 0 Å². The van der Waals surface area contributed by atoms with Gasteiger partial charge in [-0.15, -0.1) is 0 Å². The highest BCUT2D eigenvalue weighted by Crippen LogP contribution is 2.19. The lowest BCUT2D eigenvalue weighted by molar-refractivity contribution is 0.265. The second-order valence-corrected chi connectivity index (χ2v) is 7.01. The average Bonchev–Trinajstić information content (AvgIpc) is 3.33. The smallest absolute Gasteiger partial charge is 0.0585 e. The van der Waals surface area contributed by atoms with Gasteiger partial charge in [-0.05, 0) is 36.1 Å². The predicted molar refractivity (Wildman–Crippen MR) is 114 cm³/mol. The van der Waals surface area contributed by atoms with E-state index in [2.05, 4.69) is 22.1 Å². The van der Waals surface area contributed by atoms with Gasteiger partial charge in [0.25, 0.3) is 0 Å². The summed E-state index contributed by atoms with van der Waals surface area (Å²) in [6.45, 7) is 0.0546. The molecule has 4 aromatic rings. The second-order valence-electron chi connectivity index (χ2n) is 7.01. The molecule has 0 aliphatic heterocycles. The van der Waals surface area contributed by atoms with Gasteiger partial charge in [0.1, 0.15) is 0 Å². The van der Waals surface area contributed by atoms with Crippen molar-refractivity contribution in [2.75, 3.05) is 13.2 Å². The summed E-state index contributed by atoms with van der Waals surface area (Å²) in [4.78, 5) is 6.36. The van der Waals surface area contributed by atoms with Crippen LogP contribution in [0.3, 0.4) is 0 Å². The van der Waals surface area contributed by atoms with Gasteiger partial charge in [0.05, 0.1) is 13.2 Å². The number of benzene rings is 2. The first kappa shape index (κ1) is 20.1. The summed E-state index contributed by atoms with van der Waals surface area (Å²) in [5.74, 6) is 0. The van der Waals surface area contributed by atoms with Gasteiger partial charge in [-0.3, -0.25) is 0 Å². The Kier molecular flexibility index (Phi) is 6.84. The summed E-state index contributed by atoms with van der Waals surface area (Å²) in [6, 6.07) is 15.8. The van der Waals surface area contributed by atoms with E-state index in [1.54, 1.807) is 0 Å². The SMILES string of the molecule is N[C@H](CO)Cc1c[nH]c2ccccc12.N[C@H](CO)Cc1c[nH]c2ccccc12. The van der Waals surface area contributed by atoms with Crippen LogP contribution in [0.1, 0.15) is 11.1 Å². The summed E-state index contributed by atoms with van der Waals surface area (Å²) in [5, 5.41) is 20.1. The maximum absolute atomic E-state index is 8.87. The molecule has 2 atom stereocenters. The van der Waals surface area contributed by atoms with E-state index >= 15 is 0 Å². The molecule has 0 aliphatic rings. The average molecular weight is 380 g/mol. The first-order valence-electron chi connectivity index (χ1n) is 9.45. The summed E-state index contributed by atoms with van der Waals surface area (Å²) in [7, 11) is 0. The molecular weight excluding hydrogens is 352 g/mol. The van der Waals surface area contributed by atoms with E-state index in [0.29, 0.717) is 12.8 Å². The largest absolute Gasteiger partial charge is 0.395 e. The molecule has 2 aromatic heterocycles. The molecule has 148 valence electrons. The number of nitrogens with two attached hydrogens (primary N) is 2. The Hall–Kier alpha value is -2.64. The lowest BCUT2D eigenvalue weighted by Gasteiger charge is -2.05. The molecule has 28 heavy (non-hydrogen) atoms. The molecule has 0 saturated heterocycles. The minimum absolute atomic E-state index is 0.0273. The number of nitrogens with one attached hydrogen (secondary N) is 2. The molecule has 2 aromatic carbocycles. The van der Waals surface area contributed by atoms with Crippen molar-refractivity contribution in [1.29, 1.82) is 0 Å². The molecule has 0 fully saturated rings. The number of aromatic nitrogens is 2. The van der Waals surface area contributed by atoms with E-state index in [0.717, 1.165) is 11.0 Å². The van der Waals surface area contributed by atoms with Crippen molar-refractivity contribution in [1.82, 2.24) is 9.97 Å². The van der Waals surface area contributed by atoms with Crippen LogP contribution in [0.15, 0.2) is 60.9 Å². The Balaban J connectivity index is 0.000000161. The van der Waals surface area contributed by atoms with E-state index in [-0.39, 0.29) is 25.3 Å². The van der Waals surface area contributed by atoms with Crippen molar-refractivity contribution < 1.29 is 10.2 Å². The monoisotopic (exact) mass is 380 g/mol. The third-order valence-electron chi connectivity index (χ3n) is 4.78. The summed E-state index contributed by atoms with van der Waals surface area (Å²) < 4.78 is 0. The van der Waals surface area contributed by atoms with Gasteiger partial charge < -0.3 is 31.6 Å². The lowest BCUT2D eigenvalue weighted by atomic mass is 10.1. The van der Waals surface area contributed by atoms with E-state index in [4.69, 9.17) is 21.7 Å². The zero-order valence-electron chi connectivity index (χ0n) is 15.8. The van der Waals surface area contributed by atoms with Crippen molar-refractivity contribution in [3.05, 3.63) is 72.1 Å². The van der Waals surface area contributed by atoms with Crippen molar-refractivity contribution in [2.45, 2.75) is 24.9 Å². The van der Waals surface area contributed by atoms with Crippen molar-refractivity contribution in [3.8, 4) is 0 Å². The standard InChI is InChI=1S/2C11H14N2O/c2*12-9(7-14)5-8-6-13-11-4-2-1-3-10(8)11/h2*1-4,6,9,13-14H,5,7,12H2/t2*9-/m00/s1. The van der Waals surface area contributed by atoms with Gasteiger partial charge in [0.15, 0.2) is 0 Å². The Morgan fingerprint density at radius 1 is 0.679 bits per heavy atom. The molecule has 6 nitrogen and oxygen atoms in total. The number of aliphatic hydroxyl groups is 2. The minimum atomic E-state index is -0.172. The number of hydrogen-bond acceptors (Lipinski definition) is 4. The van der Waals surface area contributed by atoms with E-state index in [9.17, 15) is 0 Å². The van der Waals surface area contributed by atoms with Gasteiger partial charge in [0, 0.05) is 46.3 Å². The van der Waals surface area contributed by atoms with Crippen LogP contribution in [0.25, 0.3) is 21.8 Å². The van der Waals surface area contributed by atoms with E-state index in [1.165, 1.54) is 21.9 Å². The number of para-hydroxylation sites is 2. The van der Waals surface area contributed by atoms with Gasteiger partial charge in [-0.1, -0.05) is 36.4 Å². The Morgan fingerprint density at radius 2 is 1.07 bits per heavy atom. The zero-order valence-corrected chi connectivity index (χ0v) is 15.8. The van der Waals surface area contributed by atoms with E-state index in [1.807, 2.05) is 48.8 Å². The first-order chi connectivity index (χ1) is 13.6. The number of aliphatic hydroxyl groups excluding tert-OH is 2. The van der Waals surface area contributed by atoms with Crippen LogP contribution in [-0.4, -0.2) is 45.5 Å². The predicted octanol–water partition coefficient (Wildman–Crippen LogP) is 2.06. The van der Waals surface area contributed by atoms with Gasteiger partial charge in [0.2, 0.25) is 0 Å². The molecule has 0 radical (unpaired) electrons. The fourth-order valence-electron chi connectivity index (χ4n) is 3.30. The van der Waals surface area contributed by atoms with Crippen LogP contribution >= 0.6 is 0 Å². The molecule has 0 unspecified atom stereocenters. The molecule has 0 amide bonds. The number of aromatic amines is 2. The van der Waals surface area contributed by atoms with Crippen LogP contribution in [0.4, 0.5) is 0 Å². The molecule has 6 heteroatoms. The number of H-pyrrole nitrogens is 2. The third-order valence-corrected chi connectivity index (χ3v) is 4.78. The summed E-state index contributed by atoms with van der Waals surface area (Å²) in [6.07, 6.45) is 5.33. The molecule has 0 aliphatic carbocycles. The van der Waals surface area contributed by atoms with Crippen LogP contribution < -0.4 is 11.5 Å². The summed E-state index contributed by atoms with van der Waals surface area (Å²) in [5.41, 5.74) is 16.0. The fraction of sp³-hybridized carbons (Fsp3) is 0.273. The first-order valence-corrected chi connectivity index (χ1v) is 9.45. The molecular formula is C22H28N4O2. The van der Waals surface area contributed by atoms with E-state index < -0.39 is 0 Å². The number of fused-ring (bicyclic) bond motifs is 2. The number of rotatable bonds is 6. The van der Waals surface area contributed by atoms with Gasteiger partial charge >= 0.3 is 0 Å². The highest BCUT2D eigenvalue weighted by atomic mass is 16.3. The Bertz CT molecular complexity index is 926. The maximum Gasteiger partial charge on any atom is 0.0585 e. The summed E-state index contributed by atoms with van der Waals surface area (Å²) >= 11 is 0. The fourth-order valence-corrected chi connectivity index (χ4v) is 3.30. The molecule has 8 N–H and O–H groups in total. The topological polar surface area (TPSA) is 124 Å². The van der Waals surface area contributed by atoms with Crippen molar-refractivity contribution in [2.24, 2.45) is 11.5 Å². The molecule has 2 heterocycles. The molecule has 0 saturated carbocycles. The highest BCUT2D eigenvalue weighted by Gasteiger charge is 2.08. The Morgan fingerprint density at radius 3 is 1.46 bits per heavy atom. The van der Waals surface area contributed by atoms with Crippen LogP contribution in [0.2, 0.25) is 0 Å². The normalized spacial score (nSPS) is 13.3. The minimum Gasteiger partial charge on any atom is -0.395 e. The van der Waals surface area contributed by atoms with Crippen LogP contribution in [0.5, 0.6) is 0 Å². The molecule has 4 rings (SSSR count). The van der Waals surface area contributed by atoms with Gasteiger partial charge in [-0.25, -0.2) is 0 Å². The van der Waals surface area contributed by atoms with Crippen molar-refractivity contribution in [3.63, 3.8) is 0 Å².